The molecular weight excluding hydrogens is 432 g/mol. The molecule has 190 valence electrons. The number of ether oxygens (including phenoxy) is 1. The molecule has 1 aromatic rings. The van der Waals surface area contributed by atoms with Crippen LogP contribution >= 0.6 is 0 Å². The fourth-order valence-corrected chi connectivity index (χ4v) is 4.04. The van der Waals surface area contributed by atoms with Crippen LogP contribution in [0.2, 0.25) is 0 Å². The number of fused-ring (bicyclic) bond motifs is 1. The molecule has 3 amide bonds. The zero-order chi connectivity index (χ0) is 25.1. The van der Waals surface area contributed by atoms with Gasteiger partial charge in [0.05, 0.1) is 6.04 Å². The van der Waals surface area contributed by atoms with Gasteiger partial charge in [0.2, 0.25) is 17.7 Å². The molecule has 0 fully saturated rings. The van der Waals surface area contributed by atoms with Crippen molar-refractivity contribution in [1.82, 2.24) is 20.9 Å². The molecular formula is C26H42N4O4. The largest absolute Gasteiger partial charge is 0.492 e. The van der Waals surface area contributed by atoms with E-state index in [1.807, 2.05) is 45.0 Å². The number of amides is 3. The van der Waals surface area contributed by atoms with Crippen molar-refractivity contribution in [3.05, 3.63) is 29.8 Å². The lowest BCUT2D eigenvalue weighted by molar-refractivity contribution is -0.141. The predicted octanol–water partition coefficient (Wildman–Crippen LogP) is 2.26. The van der Waals surface area contributed by atoms with Crippen molar-refractivity contribution in [3.63, 3.8) is 0 Å². The van der Waals surface area contributed by atoms with Gasteiger partial charge in [-0.25, -0.2) is 0 Å². The molecule has 2 rings (SSSR count). The minimum atomic E-state index is -0.699. The van der Waals surface area contributed by atoms with Crippen molar-refractivity contribution in [2.45, 2.75) is 77.9 Å². The van der Waals surface area contributed by atoms with Gasteiger partial charge in [-0.05, 0) is 43.7 Å². The first-order valence-electron chi connectivity index (χ1n) is 12.6. The number of hydrogen-bond acceptors (Lipinski definition) is 5. The summed E-state index contributed by atoms with van der Waals surface area (Å²) in [5, 5.41) is 9.16. The maximum absolute atomic E-state index is 13.3. The Labute approximate surface area is 204 Å². The Bertz CT molecular complexity index is 816. The van der Waals surface area contributed by atoms with E-state index in [1.165, 1.54) is 4.90 Å². The van der Waals surface area contributed by atoms with Crippen molar-refractivity contribution < 1.29 is 19.1 Å². The summed E-state index contributed by atoms with van der Waals surface area (Å²) in [6, 6.07) is 6.15. The van der Waals surface area contributed by atoms with Crippen LogP contribution in [-0.4, -0.2) is 67.5 Å². The maximum atomic E-state index is 13.3. The van der Waals surface area contributed by atoms with Gasteiger partial charge in [-0.2, -0.15) is 0 Å². The molecule has 3 N–H and O–H groups in total. The van der Waals surface area contributed by atoms with Crippen LogP contribution in [0.15, 0.2) is 24.3 Å². The van der Waals surface area contributed by atoms with Gasteiger partial charge in [-0.3, -0.25) is 14.4 Å². The summed E-state index contributed by atoms with van der Waals surface area (Å²) in [6.07, 6.45) is 3.65. The van der Waals surface area contributed by atoms with Gasteiger partial charge in [-0.1, -0.05) is 51.8 Å². The van der Waals surface area contributed by atoms with Crippen molar-refractivity contribution in [2.75, 3.05) is 26.7 Å². The van der Waals surface area contributed by atoms with Gasteiger partial charge < -0.3 is 25.6 Å². The fraction of sp³-hybridized carbons (Fsp3) is 0.654. The molecule has 1 aromatic carbocycles. The molecule has 0 radical (unpaired) electrons. The molecule has 1 heterocycles. The quantitative estimate of drug-likeness (QED) is 0.622. The highest BCUT2D eigenvalue weighted by Gasteiger charge is 2.32. The monoisotopic (exact) mass is 474 g/mol. The van der Waals surface area contributed by atoms with Gasteiger partial charge in [0.15, 0.2) is 0 Å². The van der Waals surface area contributed by atoms with Gasteiger partial charge in [0.25, 0.3) is 0 Å². The topological polar surface area (TPSA) is 99.8 Å². The second kappa shape index (κ2) is 13.9. The third-order valence-corrected chi connectivity index (χ3v) is 6.62. The summed E-state index contributed by atoms with van der Waals surface area (Å²) in [6.45, 7) is 9.18. The summed E-state index contributed by atoms with van der Waals surface area (Å²) >= 11 is 0. The summed E-state index contributed by atoms with van der Waals surface area (Å²) < 4.78 is 6.03. The van der Waals surface area contributed by atoms with Crippen LogP contribution in [0.5, 0.6) is 5.75 Å². The number of likely N-dealkylation sites (N-methyl/N-ethyl adjacent to an activating group) is 1. The normalized spacial score (nSPS) is 24.7. The molecule has 0 saturated carbocycles. The van der Waals surface area contributed by atoms with E-state index < -0.39 is 18.1 Å². The van der Waals surface area contributed by atoms with Gasteiger partial charge in [0, 0.05) is 20.1 Å². The molecule has 1 aliphatic rings. The fourth-order valence-electron chi connectivity index (χ4n) is 4.04. The second-order valence-corrected chi connectivity index (χ2v) is 9.14. The van der Waals surface area contributed by atoms with Crippen molar-refractivity contribution in [1.29, 1.82) is 0 Å². The first-order chi connectivity index (χ1) is 16.3. The van der Waals surface area contributed by atoms with Crippen molar-refractivity contribution in [2.24, 2.45) is 5.92 Å². The first-order valence-corrected chi connectivity index (χ1v) is 12.6. The lowest BCUT2D eigenvalue weighted by Crippen LogP contribution is -2.57. The lowest BCUT2D eigenvalue weighted by atomic mass is 9.97. The van der Waals surface area contributed by atoms with Crippen LogP contribution < -0.4 is 20.7 Å². The Kier molecular flexibility index (Phi) is 11.3. The zero-order valence-electron chi connectivity index (χ0n) is 21.4. The summed E-state index contributed by atoms with van der Waals surface area (Å²) in [4.78, 5) is 40.5. The summed E-state index contributed by atoms with van der Waals surface area (Å²) in [5.41, 5.74) is 1.08. The Hall–Kier alpha value is -2.61. The predicted molar refractivity (Wildman–Crippen MR) is 134 cm³/mol. The third kappa shape index (κ3) is 7.72. The number of benzene rings is 1. The van der Waals surface area contributed by atoms with E-state index >= 15 is 0 Å². The average molecular weight is 475 g/mol. The molecule has 0 bridgehead atoms. The molecule has 0 aliphatic carbocycles. The standard InChI is InChI=1S/C26H42N4O4/c1-6-11-21-25(32)28-15-10-13-20-12-8-9-14-22(20)34-17-16-27-23(18(3)7-2)26(33)30(5)19(4)24(31)29-21/h8-9,12,14,18-19,21,23,27H,6-7,10-11,13,15-17H2,1-5H3,(H,28,32)(H,29,31)/t18-,19+,21+,23-/m0/s1. The van der Waals surface area contributed by atoms with E-state index in [0.717, 1.165) is 37.0 Å². The molecule has 0 saturated heterocycles. The van der Waals surface area contributed by atoms with Crippen LogP contribution in [0, 0.1) is 5.92 Å². The van der Waals surface area contributed by atoms with E-state index in [2.05, 4.69) is 16.0 Å². The number of nitrogens with one attached hydrogen (secondary N) is 3. The molecule has 0 spiro atoms. The number of nitrogens with zero attached hydrogens (tertiary/aromatic N) is 1. The van der Waals surface area contributed by atoms with Gasteiger partial charge in [-0.15, -0.1) is 0 Å². The van der Waals surface area contributed by atoms with E-state index in [4.69, 9.17) is 4.74 Å². The molecule has 4 atom stereocenters. The van der Waals surface area contributed by atoms with E-state index in [-0.39, 0.29) is 23.6 Å². The molecule has 0 aromatic heterocycles. The smallest absolute Gasteiger partial charge is 0.243 e. The van der Waals surface area contributed by atoms with Crippen LogP contribution in [0.3, 0.4) is 0 Å². The molecule has 8 heteroatoms. The molecule has 1 aliphatic heterocycles. The number of hydrogen-bond donors (Lipinski definition) is 3. The Balaban J connectivity index is 2.26. The van der Waals surface area contributed by atoms with Crippen LogP contribution in [-0.2, 0) is 20.8 Å². The number of carbonyl (C=O) groups excluding carboxylic acids is 3. The van der Waals surface area contributed by atoms with Crippen molar-refractivity contribution in [3.8, 4) is 5.75 Å². The number of aryl methyl sites for hydroxylation is 1. The average Bonchev–Trinajstić information content (AvgIpc) is 2.84. The van der Waals surface area contributed by atoms with E-state index in [0.29, 0.717) is 26.1 Å². The Morgan fingerprint density at radius 2 is 1.85 bits per heavy atom. The zero-order valence-corrected chi connectivity index (χ0v) is 21.4. The molecule has 34 heavy (non-hydrogen) atoms. The van der Waals surface area contributed by atoms with E-state index in [9.17, 15) is 14.4 Å². The van der Waals surface area contributed by atoms with Gasteiger partial charge >= 0.3 is 0 Å². The molecule has 0 unspecified atom stereocenters. The van der Waals surface area contributed by atoms with Gasteiger partial charge in [0.1, 0.15) is 24.4 Å². The van der Waals surface area contributed by atoms with Crippen molar-refractivity contribution >= 4 is 17.7 Å². The van der Waals surface area contributed by atoms with E-state index in [1.54, 1.807) is 14.0 Å². The minimum Gasteiger partial charge on any atom is -0.492 e. The number of rotatable bonds is 4. The highest BCUT2D eigenvalue weighted by atomic mass is 16.5. The Morgan fingerprint density at radius 3 is 2.56 bits per heavy atom. The summed E-state index contributed by atoms with van der Waals surface area (Å²) in [7, 11) is 1.64. The second-order valence-electron chi connectivity index (χ2n) is 9.14. The Morgan fingerprint density at radius 1 is 1.12 bits per heavy atom. The highest BCUT2D eigenvalue weighted by Crippen LogP contribution is 2.19. The van der Waals surface area contributed by atoms with Crippen LogP contribution in [0.4, 0.5) is 0 Å². The summed E-state index contributed by atoms with van der Waals surface area (Å²) in [5.74, 6) is 0.244. The number of para-hydroxylation sites is 1. The minimum absolute atomic E-state index is 0.0849. The lowest BCUT2D eigenvalue weighted by Gasteiger charge is -2.32. The number of carbonyl (C=O) groups is 3. The van der Waals surface area contributed by atoms with Crippen LogP contribution in [0.1, 0.15) is 58.9 Å². The highest BCUT2D eigenvalue weighted by molar-refractivity contribution is 5.92. The third-order valence-electron chi connectivity index (χ3n) is 6.62. The first kappa shape index (κ1) is 27.6. The van der Waals surface area contributed by atoms with Crippen LogP contribution in [0.25, 0.3) is 0 Å². The molecule has 8 nitrogen and oxygen atoms in total. The SMILES string of the molecule is CCC[C@H]1NC(=O)[C@@H](C)N(C)C(=O)[C@H]([C@@H](C)CC)NCCOc2ccccc2CCCNC1=O. The maximum Gasteiger partial charge on any atom is 0.243 e.